The van der Waals surface area contributed by atoms with Crippen LogP contribution in [0.25, 0.3) is 0 Å². The fourth-order valence-corrected chi connectivity index (χ4v) is 1.99. The van der Waals surface area contributed by atoms with Crippen LogP contribution in [0.15, 0.2) is 0 Å². The molecule has 0 spiro atoms. The highest BCUT2D eigenvalue weighted by Crippen LogP contribution is 2.29. The number of likely N-dealkylation sites (tertiary alicyclic amines) is 1. The minimum atomic E-state index is -0.675. The Morgan fingerprint density at radius 2 is 2.23 bits per heavy atom. The van der Waals surface area contributed by atoms with E-state index in [1.165, 1.54) is 0 Å². The summed E-state index contributed by atoms with van der Waals surface area (Å²) in [6.45, 7) is 7.91. The van der Waals surface area contributed by atoms with Crippen LogP contribution in [0, 0.1) is 5.92 Å². The second kappa shape index (κ2) is 3.66. The highest BCUT2D eigenvalue weighted by atomic mass is 16.4. The van der Waals surface area contributed by atoms with Crippen molar-refractivity contribution in [2.75, 3.05) is 13.1 Å². The van der Waals surface area contributed by atoms with Crippen molar-refractivity contribution in [2.45, 2.75) is 39.2 Å². The summed E-state index contributed by atoms with van der Waals surface area (Å²) >= 11 is 0. The maximum atomic E-state index is 11.1. The minimum absolute atomic E-state index is 0.539. The largest absolute Gasteiger partial charge is 0.480 e. The molecule has 0 aromatic heterocycles. The van der Waals surface area contributed by atoms with Crippen molar-refractivity contribution in [3.8, 4) is 0 Å². The molecule has 0 aromatic carbocycles. The molecule has 1 aliphatic heterocycles. The molecule has 1 heterocycles. The van der Waals surface area contributed by atoms with E-state index in [0.717, 1.165) is 25.9 Å². The first-order valence-electron chi connectivity index (χ1n) is 4.95. The van der Waals surface area contributed by atoms with Crippen LogP contribution in [0.1, 0.15) is 33.6 Å². The van der Waals surface area contributed by atoms with Gasteiger partial charge in [0.15, 0.2) is 0 Å². The monoisotopic (exact) mass is 185 g/mol. The van der Waals surface area contributed by atoms with E-state index in [9.17, 15) is 4.79 Å². The summed E-state index contributed by atoms with van der Waals surface area (Å²) in [4.78, 5) is 13.2. The molecular weight excluding hydrogens is 166 g/mol. The average molecular weight is 185 g/mol. The lowest BCUT2D eigenvalue weighted by atomic mass is 9.98. The van der Waals surface area contributed by atoms with E-state index < -0.39 is 11.5 Å². The average Bonchev–Trinajstić information content (AvgIpc) is 2.33. The molecule has 13 heavy (non-hydrogen) atoms. The molecule has 1 unspecified atom stereocenters. The van der Waals surface area contributed by atoms with Gasteiger partial charge in [0.25, 0.3) is 0 Å². The van der Waals surface area contributed by atoms with Gasteiger partial charge in [-0.2, -0.15) is 0 Å². The van der Waals surface area contributed by atoms with Crippen LogP contribution >= 0.6 is 0 Å². The van der Waals surface area contributed by atoms with Crippen molar-refractivity contribution in [2.24, 2.45) is 5.92 Å². The molecule has 76 valence electrons. The number of rotatable bonds is 3. The Morgan fingerprint density at radius 1 is 1.62 bits per heavy atom. The molecular formula is C10H19NO2. The van der Waals surface area contributed by atoms with E-state index in [1.54, 1.807) is 0 Å². The van der Waals surface area contributed by atoms with Crippen LogP contribution < -0.4 is 0 Å². The number of nitrogens with zero attached hydrogens (tertiary/aromatic N) is 1. The van der Waals surface area contributed by atoms with Gasteiger partial charge in [0.2, 0.25) is 0 Å². The van der Waals surface area contributed by atoms with Crippen LogP contribution in [0.3, 0.4) is 0 Å². The third kappa shape index (κ3) is 2.02. The lowest BCUT2D eigenvalue weighted by molar-refractivity contribution is -0.148. The molecule has 0 bridgehead atoms. The summed E-state index contributed by atoms with van der Waals surface area (Å²) in [5.41, 5.74) is -0.607. The highest BCUT2D eigenvalue weighted by molar-refractivity contribution is 5.78. The Morgan fingerprint density at radius 3 is 2.69 bits per heavy atom. The lowest BCUT2D eigenvalue weighted by Crippen LogP contribution is -2.49. The van der Waals surface area contributed by atoms with Gasteiger partial charge in [-0.15, -0.1) is 0 Å². The Hall–Kier alpha value is -0.570. The van der Waals surface area contributed by atoms with Crippen molar-refractivity contribution in [3.63, 3.8) is 0 Å². The normalized spacial score (nSPS) is 29.8. The maximum Gasteiger partial charge on any atom is 0.323 e. The minimum Gasteiger partial charge on any atom is -0.480 e. The molecule has 0 radical (unpaired) electrons. The smallest absolute Gasteiger partial charge is 0.323 e. The molecule has 1 fully saturated rings. The van der Waals surface area contributed by atoms with E-state index in [0.29, 0.717) is 5.92 Å². The van der Waals surface area contributed by atoms with Crippen molar-refractivity contribution < 1.29 is 9.90 Å². The second-order valence-corrected chi connectivity index (χ2v) is 4.52. The second-order valence-electron chi connectivity index (χ2n) is 4.52. The van der Waals surface area contributed by atoms with Gasteiger partial charge in [0.1, 0.15) is 5.54 Å². The quantitative estimate of drug-likeness (QED) is 0.725. The molecule has 1 atom stereocenters. The van der Waals surface area contributed by atoms with Gasteiger partial charge in [-0.05, 0) is 32.2 Å². The van der Waals surface area contributed by atoms with E-state index in [2.05, 4.69) is 18.7 Å². The van der Waals surface area contributed by atoms with Crippen LogP contribution in [-0.4, -0.2) is 34.6 Å². The fraction of sp³-hybridized carbons (Fsp3) is 0.900. The van der Waals surface area contributed by atoms with Gasteiger partial charge < -0.3 is 5.11 Å². The number of hydrogen-bond donors (Lipinski definition) is 1. The molecule has 0 amide bonds. The van der Waals surface area contributed by atoms with Gasteiger partial charge in [0.05, 0.1) is 0 Å². The van der Waals surface area contributed by atoms with E-state index in [4.69, 9.17) is 5.11 Å². The van der Waals surface area contributed by atoms with Crippen molar-refractivity contribution >= 4 is 5.97 Å². The Kier molecular flexibility index (Phi) is 2.96. The van der Waals surface area contributed by atoms with Gasteiger partial charge in [0, 0.05) is 6.54 Å². The van der Waals surface area contributed by atoms with Crippen molar-refractivity contribution in [3.05, 3.63) is 0 Å². The zero-order chi connectivity index (χ0) is 10.1. The van der Waals surface area contributed by atoms with E-state index in [1.807, 2.05) is 6.92 Å². The van der Waals surface area contributed by atoms with Gasteiger partial charge >= 0.3 is 5.97 Å². The summed E-state index contributed by atoms with van der Waals surface area (Å²) < 4.78 is 0. The summed E-state index contributed by atoms with van der Waals surface area (Å²) in [7, 11) is 0. The van der Waals surface area contributed by atoms with E-state index in [-0.39, 0.29) is 0 Å². The van der Waals surface area contributed by atoms with Crippen LogP contribution in [0.4, 0.5) is 0 Å². The van der Waals surface area contributed by atoms with E-state index >= 15 is 0 Å². The highest BCUT2D eigenvalue weighted by Gasteiger charge is 2.43. The summed E-state index contributed by atoms with van der Waals surface area (Å²) in [5.74, 6) is -0.137. The zero-order valence-corrected chi connectivity index (χ0v) is 8.71. The molecule has 3 heteroatoms. The van der Waals surface area contributed by atoms with Crippen LogP contribution in [0.2, 0.25) is 0 Å². The Balaban J connectivity index is 2.68. The topological polar surface area (TPSA) is 40.5 Å². The van der Waals surface area contributed by atoms with Crippen molar-refractivity contribution in [1.29, 1.82) is 0 Å². The summed E-state index contributed by atoms with van der Waals surface area (Å²) in [5, 5.41) is 9.11. The maximum absolute atomic E-state index is 11.1. The molecule has 1 N–H and O–H groups in total. The number of carboxylic acid groups (broad SMARTS) is 1. The Labute approximate surface area is 79.7 Å². The fourth-order valence-electron chi connectivity index (χ4n) is 1.99. The molecule has 3 nitrogen and oxygen atoms in total. The molecule has 0 aliphatic carbocycles. The Bertz CT molecular complexity index is 203. The SMILES string of the molecule is CC(C)CN1CCCC1(C)C(=O)O. The molecule has 0 saturated carbocycles. The van der Waals surface area contributed by atoms with Crippen molar-refractivity contribution in [1.82, 2.24) is 4.90 Å². The molecule has 1 saturated heterocycles. The zero-order valence-electron chi connectivity index (χ0n) is 8.71. The van der Waals surface area contributed by atoms with Gasteiger partial charge in [-0.1, -0.05) is 13.8 Å². The van der Waals surface area contributed by atoms with Crippen LogP contribution in [0.5, 0.6) is 0 Å². The third-order valence-electron chi connectivity index (χ3n) is 2.84. The first kappa shape index (κ1) is 10.5. The summed E-state index contributed by atoms with van der Waals surface area (Å²) in [6, 6.07) is 0. The first-order valence-corrected chi connectivity index (χ1v) is 4.95. The molecule has 1 aliphatic rings. The molecule has 1 rings (SSSR count). The van der Waals surface area contributed by atoms with Gasteiger partial charge in [-0.3, -0.25) is 9.69 Å². The number of hydrogen-bond acceptors (Lipinski definition) is 2. The number of carboxylic acids is 1. The molecule has 0 aromatic rings. The third-order valence-corrected chi connectivity index (χ3v) is 2.84. The standard InChI is InChI=1S/C10H19NO2/c1-8(2)7-11-6-4-5-10(11,3)9(12)13/h8H,4-7H2,1-3H3,(H,12,13). The van der Waals surface area contributed by atoms with Crippen LogP contribution in [-0.2, 0) is 4.79 Å². The summed E-state index contributed by atoms with van der Waals surface area (Å²) in [6.07, 6.45) is 1.80. The number of aliphatic carboxylic acids is 1. The first-order chi connectivity index (χ1) is 5.97. The van der Waals surface area contributed by atoms with Gasteiger partial charge in [-0.25, -0.2) is 0 Å². The number of carbonyl (C=O) groups is 1. The predicted octanol–water partition coefficient (Wildman–Crippen LogP) is 1.58. The predicted molar refractivity (Wildman–Crippen MR) is 51.7 cm³/mol. The lowest BCUT2D eigenvalue weighted by Gasteiger charge is -2.32.